The number of para-hydroxylation sites is 1. The minimum Gasteiger partial charge on any atom is -0.494 e. The van der Waals surface area contributed by atoms with E-state index in [1.807, 2.05) is 19.1 Å². The normalized spacial score (nSPS) is 11.0. The Labute approximate surface area is 114 Å². The molecule has 0 saturated carbocycles. The summed E-state index contributed by atoms with van der Waals surface area (Å²) in [4.78, 5) is 6.73. The van der Waals surface area contributed by atoms with Crippen molar-refractivity contribution in [2.75, 3.05) is 39.6 Å². The number of hydrogen-bond acceptors (Lipinski definition) is 4. The number of nitrogens with one attached hydrogen (secondary N) is 1. The highest BCUT2D eigenvalue weighted by Crippen LogP contribution is 2.29. The molecule has 102 valence electrons. The van der Waals surface area contributed by atoms with Crippen molar-refractivity contribution in [3.8, 4) is 5.75 Å². The predicted molar refractivity (Wildman–Crippen MR) is 80.1 cm³/mol. The highest BCUT2D eigenvalue weighted by molar-refractivity contribution is 5.95. The van der Waals surface area contributed by atoms with Gasteiger partial charge in [-0.2, -0.15) is 0 Å². The van der Waals surface area contributed by atoms with Gasteiger partial charge in [0.05, 0.1) is 7.11 Å². The third-order valence-electron chi connectivity index (χ3n) is 3.02. The predicted octanol–water partition coefficient (Wildman–Crippen LogP) is 2.53. The maximum absolute atomic E-state index is 5.38. The molecule has 0 amide bonds. The van der Waals surface area contributed by atoms with Crippen molar-refractivity contribution in [2.45, 2.75) is 6.92 Å². The summed E-state index contributed by atoms with van der Waals surface area (Å²) >= 11 is 0. The molecule has 0 spiro atoms. The van der Waals surface area contributed by atoms with Crippen molar-refractivity contribution in [1.29, 1.82) is 0 Å². The number of pyridine rings is 1. The molecular weight excluding hydrogens is 238 g/mol. The lowest BCUT2D eigenvalue weighted by Gasteiger charge is -2.14. The number of nitrogens with zero attached hydrogens (tertiary/aromatic N) is 2. The fraction of sp³-hybridized carbons (Fsp3) is 0.400. The van der Waals surface area contributed by atoms with Crippen LogP contribution in [-0.4, -0.2) is 44.2 Å². The molecular formula is C15H21N3O. The van der Waals surface area contributed by atoms with Crippen LogP contribution in [0.15, 0.2) is 24.3 Å². The second-order valence-electron chi connectivity index (χ2n) is 4.90. The second kappa shape index (κ2) is 5.89. The van der Waals surface area contributed by atoms with Crippen molar-refractivity contribution >= 4 is 16.6 Å². The summed E-state index contributed by atoms with van der Waals surface area (Å²) in [5.74, 6) is 0.817. The van der Waals surface area contributed by atoms with Crippen molar-refractivity contribution in [3.05, 3.63) is 30.0 Å². The lowest BCUT2D eigenvalue weighted by atomic mass is 10.1. The van der Waals surface area contributed by atoms with Crippen LogP contribution in [0.25, 0.3) is 10.9 Å². The molecule has 2 aromatic rings. The van der Waals surface area contributed by atoms with Gasteiger partial charge in [0.2, 0.25) is 0 Å². The molecule has 4 heteroatoms. The van der Waals surface area contributed by atoms with E-state index in [9.17, 15) is 0 Å². The SMILES string of the molecule is COc1cccc2c(NCCN(C)C)cc(C)nc12. The zero-order valence-corrected chi connectivity index (χ0v) is 12.0. The average molecular weight is 259 g/mol. The van der Waals surface area contributed by atoms with Crippen LogP contribution in [0.1, 0.15) is 5.69 Å². The summed E-state index contributed by atoms with van der Waals surface area (Å²) in [6, 6.07) is 8.09. The first-order valence-electron chi connectivity index (χ1n) is 6.45. The van der Waals surface area contributed by atoms with Gasteiger partial charge in [-0.25, -0.2) is 4.98 Å². The van der Waals surface area contributed by atoms with Crippen LogP contribution in [-0.2, 0) is 0 Å². The van der Waals surface area contributed by atoms with Crippen LogP contribution in [0, 0.1) is 6.92 Å². The maximum atomic E-state index is 5.38. The van der Waals surface area contributed by atoms with Crippen molar-refractivity contribution < 1.29 is 4.74 Å². The van der Waals surface area contributed by atoms with Gasteiger partial charge in [-0.15, -0.1) is 0 Å². The van der Waals surface area contributed by atoms with E-state index in [0.717, 1.165) is 41.1 Å². The van der Waals surface area contributed by atoms with E-state index in [0.29, 0.717) is 0 Å². The van der Waals surface area contributed by atoms with Crippen LogP contribution in [0.5, 0.6) is 5.75 Å². The number of fused-ring (bicyclic) bond motifs is 1. The highest BCUT2D eigenvalue weighted by atomic mass is 16.5. The largest absolute Gasteiger partial charge is 0.494 e. The first-order valence-corrected chi connectivity index (χ1v) is 6.45. The molecule has 0 bridgehead atoms. The van der Waals surface area contributed by atoms with Crippen LogP contribution in [0.2, 0.25) is 0 Å². The summed E-state index contributed by atoms with van der Waals surface area (Å²) in [7, 11) is 5.82. The Morgan fingerprint density at radius 1 is 1.32 bits per heavy atom. The van der Waals surface area contributed by atoms with Gasteiger partial charge < -0.3 is 15.0 Å². The minimum atomic E-state index is 0.817. The monoisotopic (exact) mass is 259 g/mol. The molecule has 19 heavy (non-hydrogen) atoms. The molecule has 4 nitrogen and oxygen atoms in total. The van der Waals surface area contributed by atoms with E-state index in [4.69, 9.17) is 4.74 Å². The Balaban J connectivity index is 2.37. The molecule has 1 heterocycles. The molecule has 1 aromatic heterocycles. The Bertz CT molecular complexity index is 567. The van der Waals surface area contributed by atoms with Gasteiger partial charge in [-0.1, -0.05) is 12.1 Å². The Morgan fingerprint density at radius 3 is 2.79 bits per heavy atom. The average Bonchev–Trinajstić information content (AvgIpc) is 2.37. The zero-order chi connectivity index (χ0) is 13.8. The van der Waals surface area contributed by atoms with E-state index in [2.05, 4.69) is 41.4 Å². The molecule has 0 saturated heterocycles. The third kappa shape index (κ3) is 3.15. The van der Waals surface area contributed by atoms with E-state index < -0.39 is 0 Å². The van der Waals surface area contributed by atoms with Crippen LogP contribution >= 0.6 is 0 Å². The Kier molecular flexibility index (Phi) is 4.22. The number of aromatic nitrogens is 1. The van der Waals surface area contributed by atoms with Crippen LogP contribution in [0.4, 0.5) is 5.69 Å². The molecule has 0 aliphatic rings. The lowest BCUT2D eigenvalue weighted by molar-refractivity contribution is 0.419. The molecule has 1 N–H and O–H groups in total. The topological polar surface area (TPSA) is 37.4 Å². The van der Waals surface area contributed by atoms with Gasteiger partial charge in [-0.3, -0.25) is 0 Å². The molecule has 0 aliphatic heterocycles. The summed E-state index contributed by atoms with van der Waals surface area (Å²) < 4.78 is 5.38. The summed E-state index contributed by atoms with van der Waals surface area (Å²) in [5, 5.41) is 4.57. The van der Waals surface area contributed by atoms with Gasteiger partial charge in [-0.05, 0) is 33.2 Å². The summed E-state index contributed by atoms with van der Waals surface area (Å²) in [5.41, 5.74) is 3.02. The van der Waals surface area contributed by atoms with Gasteiger partial charge in [0.25, 0.3) is 0 Å². The number of aryl methyl sites for hydroxylation is 1. The zero-order valence-electron chi connectivity index (χ0n) is 12.0. The molecule has 0 radical (unpaired) electrons. The molecule has 0 unspecified atom stereocenters. The Hall–Kier alpha value is -1.81. The number of benzene rings is 1. The summed E-state index contributed by atoms with van der Waals surface area (Å²) in [6.07, 6.45) is 0. The first-order chi connectivity index (χ1) is 9.11. The maximum Gasteiger partial charge on any atom is 0.145 e. The second-order valence-corrected chi connectivity index (χ2v) is 4.90. The van der Waals surface area contributed by atoms with E-state index >= 15 is 0 Å². The van der Waals surface area contributed by atoms with E-state index in [-0.39, 0.29) is 0 Å². The fourth-order valence-corrected chi connectivity index (χ4v) is 2.08. The molecule has 1 aromatic carbocycles. The highest BCUT2D eigenvalue weighted by Gasteiger charge is 2.08. The van der Waals surface area contributed by atoms with Crippen molar-refractivity contribution in [1.82, 2.24) is 9.88 Å². The smallest absolute Gasteiger partial charge is 0.145 e. The molecule has 0 aliphatic carbocycles. The van der Waals surface area contributed by atoms with Gasteiger partial charge in [0.15, 0.2) is 0 Å². The van der Waals surface area contributed by atoms with Crippen LogP contribution in [0.3, 0.4) is 0 Å². The molecule has 0 atom stereocenters. The summed E-state index contributed by atoms with van der Waals surface area (Å²) in [6.45, 7) is 3.90. The van der Waals surface area contributed by atoms with E-state index in [1.165, 1.54) is 0 Å². The molecule has 0 fully saturated rings. The minimum absolute atomic E-state index is 0.817. The number of likely N-dealkylation sites (N-methyl/N-ethyl adjacent to an activating group) is 1. The van der Waals surface area contributed by atoms with Gasteiger partial charge in [0.1, 0.15) is 11.3 Å². The number of rotatable bonds is 5. The van der Waals surface area contributed by atoms with Crippen molar-refractivity contribution in [3.63, 3.8) is 0 Å². The van der Waals surface area contributed by atoms with Gasteiger partial charge >= 0.3 is 0 Å². The third-order valence-corrected chi connectivity index (χ3v) is 3.02. The number of methoxy groups -OCH3 is 1. The van der Waals surface area contributed by atoms with Gasteiger partial charge in [0, 0.05) is 29.9 Å². The lowest BCUT2D eigenvalue weighted by Crippen LogP contribution is -2.20. The molecule has 2 rings (SSSR count). The quantitative estimate of drug-likeness (QED) is 0.895. The Morgan fingerprint density at radius 2 is 2.11 bits per heavy atom. The number of anilines is 1. The fourth-order valence-electron chi connectivity index (χ4n) is 2.08. The number of hydrogen-bond donors (Lipinski definition) is 1. The standard InChI is InChI=1S/C15H21N3O/c1-11-10-13(16-8-9-18(2)3)12-6-5-7-14(19-4)15(12)17-11/h5-7,10H,8-9H2,1-4H3,(H,16,17). The van der Waals surface area contributed by atoms with Crippen molar-refractivity contribution in [2.24, 2.45) is 0 Å². The number of ether oxygens (including phenoxy) is 1. The first kappa shape index (κ1) is 13.6. The van der Waals surface area contributed by atoms with E-state index in [1.54, 1.807) is 7.11 Å². The van der Waals surface area contributed by atoms with Crippen LogP contribution < -0.4 is 10.1 Å².